The van der Waals surface area contributed by atoms with Gasteiger partial charge in [0.25, 0.3) is 0 Å². The molecule has 2 rings (SSSR count). The number of thiocarbonyl (C=S) groups is 1. The Labute approximate surface area is 146 Å². The minimum Gasteiger partial charge on any atom is -0.502 e. The second-order valence-corrected chi connectivity index (χ2v) is 6.04. The van der Waals surface area contributed by atoms with Crippen molar-refractivity contribution in [3.8, 4) is 0 Å². The first-order valence-corrected chi connectivity index (χ1v) is 8.07. The number of aliphatic hydroxyl groups is 1. The third kappa shape index (κ3) is 5.08. The summed E-state index contributed by atoms with van der Waals surface area (Å²) in [5.41, 5.74) is 7.92. The standard InChI is InChI=1S/C19H19NO3S/c20-16(17(21)9-10-18(22)24)12-13-5-4-8-15(11-13)19(23)14-6-2-1-3-7-14/h1-8,11,16H,9-10,12,20H2,(H,22,24)/t16-/m0/s1. The van der Waals surface area contributed by atoms with Crippen LogP contribution in [-0.2, 0) is 11.2 Å². The average molecular weight is 341 g/mol. The van der Waals surface area contributed by atoms with Gasteiger partial charge in [0, 0.05) is 24.0 Å². The van der Waals surface area contributed by atoms with Crippen LogP contribution in [0.2, 0.25) is 0 Å². The van der Waals surface area contributed by atoms with Crippen LogP contribution in [0.4, 0.5) is 0 Å². The first kappa shape index (κ1) is 18.0. The number of benzene rings is 2. The van der Waals surface area contributed by atoms with Gasteiger partial charge in [-0.1, -0.05) is 48.5 Å². The largest absolute Gasteiger partial charge is 0.502 e. The number of Topliss-reactive ketones (excluding diaryl/α,β-unsaturated/α-hetero) is 1. The number of carbonyl (C=O) groups is 2. The van der Waals surface area contributed by atoms with Gasteiger partial charge in [-0.15, -0.1) is 0 Å². The second-order valence-electron chi connectivity index (χ2n) is 5.57. The maximum absolute atomic E-state index is 12.5. The van der Waals surface area contributed by atoms with Crippen molar-refractivity contribution < 1.29 is 14.7 Å². The molecule has 3 N–H and O–H groups in total. The summed E-state index contributed by atoms with van der Waals surface area (Å²) in [5.74, 6) is -0.228. The molecule has 0 saturated heterocycles. The fraction of sp³-hybridized carbons (Fsp3) is 0.211. The molecule has 0 aliphatic rings. The summed E-state index contributed by atoms with van der Waals surface area (Å²) >= 11 is 4.55. The molecule has 0 spiro atoms. The molecule has 0 radical (unpaired) electrons. The van der Waals surface area contributed by atoms with Gasteiger partial charge >= 0.3 is 0 Å². The van der Waals surface area contributed by atoms with E-state index in [9.17, 15) is 9.59 Å². The monoisotopic (exact) mass is 341 g/mol. The second kappa shape index (κ2) is 8.47. The molecule has 124 valence electrons. The number of hydrogen-bond donors (Lipinski definition) is 2. The summed E-state index contributed by atoms with van der Waals surface area (Å²) in [7, 11) is 0. The number of ketones is 2. The molecule has 0 fully saturated rings. The van der Waals surface area contributed by atoms with E-state index in [2.05, 4.69) is 12.2 Å². The molecule has 0 aromatic heterocycles. The number of carbonyl (C=O) groups excluding carboxylic acids is 2. The number of nitrogens with two attached hydrogens (primary N) is 1. The molecule has 0 bridgehead atoms. The van der Waals surface area contributed by atoms with Gasteiger partial charge in [-0.05, 0) is 30.3 Å². The zero-order chi connectivity index (χ0) is 17.5. The molecule has 0 amide bonds. The molecule has 4 nitrogen and oxygen atoms in total. The van der Waals surface area contributed by atoms with Crippen molar-refractivity contribution in [1.82, 2.24) is 0 Å². The highest BCUT2D eigenvalue weighted by atomic mass is 32.1. The maximum Gasteiger partial charge on any atom is 0.193 e. The SMILES string of the molecule is N[C@@H](Cc1cccc(C(=O)c2ccccc2)c1)C(=O)CCC(O)=S. The Hall–Kier alpha value is -2.37. The molecular formula is C19H19NO3S. The Morgan fingerprint density at radius 1 is 1.00 bits per heavy atom. The van der Waals surface area contributed by atoms with E-state index < -0.39 is 6.04 Å². The molecule has 24 heavy (non-hydrogen) atoms. The topological polar surface area (TPSA) is 80.4 Å². The molecule has 2 aromatic rings. The summed E-state index contributed by atoms with van der Waals surface area (Å²) in [6.07, 6.45) is 0.612. The van der Waals surface area contributed by atoms with Crippen LogP contribution < -0.4 is 5.73 Å². The summed E-state index contributed by atoms with van der Waals surface area (Å²) in [6.45, 7) is 0. The molecular weight excluding hydrogens is 322 g/mol. The fourth-order valence-corrected chi connectivity index (χ4v) is 2.48. The zero-order valence-electron chi connectivity index (χ0n) is 13.1. The van der Waals surface area contributed by atoms with Crippen molar-refractivity contribution in [2.45, 2.75) is 25.3 Å². The Bertz CT molecular complexity index is 743. The molecule has 0 heterocycles. The normalized spacial score (nSPS) is 11.7. The Balaban J connectivity index is 2.06. The lowest BCUT2D eigenvalue weighted by molar-refractivity contribution is -0.120. The highest BCUT2D eigenvalue weighted by Gasteiger charge is 2.16. The van der Waals surface area contributed by atoms with Crippen LogP contribution in [0.5, 0.6) is 0 Å². The van der Waals surface area contributed by atoms with Crippen LogP contribution >= 0.6 is 12.2 Å². The third-order valence-electron chi connectivity index (χ3n) is 3.68. The quantitative estimate of drug-likeness (QED) is 0.570. The molecule has 0 aliphatic carbocycles. The van der Waals surface area contributed by atoms with Gasteiger partial charge in [0.15, 0.2) is 10.8 Å². The van der Waals surface area contributed by atoms with E-state index >= 15 is 0 Å². The van der Waals surface area contributed by atoms with Crippen LogP contribution in [0.15, 0.2) is 54.6 Å². The zero-order valence-corrected chi connectivity index (χ0v) is 14.0. The highest BCUT2D eigenvalue weighted by Crippen LogP contribution is 2.13. The lowest BCUT2D eigenvalue weighted by Crippen LogP contribution is -2.32. The van der Waals surface area contributed by atoms with Crippen molar-refractivity contribution in [1.29, 1.82) is 0 Å². The van der Waals surface area contributed by atoms with Crippen LogP contribution in [0.1, 0.15) is 34.3 Å². The number of aliphatic hydroxyl groups excluding tert-OH is 1. The summed E-state index contributed by atoms with van der Waals surface area (Å²) in [6, 6.07) is 15.5. The van der Waals surface area contributed by atoms with Gasteiger partial charge in [0.05, 0.1) is 6.04 Å². The average Bonchev–Trinajstić information content (AvgIpc) is 2.59. The van der Waals surface area contributed by atoms with Crippen molar-refractivity contribution in [3.63, 3.8) is 0 Å². The Morgan fingerprint density at radius 3 is 2.33 bits per heavy atom. The molecule has 5 heteroatoms. The van der Waals surface area contributed by atoms with E-state index in [1.54, 1.807) is 30.3 Å². The summed E-state index contributed by atoms with van der Waals surface area (Å²) in [5, 5.41) is 8.79. The van der Waals surface area contributed by atoms with E-state index in [1.807, 2.05) is 24.3 Å². The molecule has 0 saturated carbocycles. The number of hydrogen-bond acceptors (Lipinski definition) is 4. The first-order valence-electron chi connectivity index (χ1n) is 7.66. The first-order chi connectivity index (χ1) is 11.5. The fourth-order valence-electron chi connectivity index (χ4n) is 2.38. The van der Waals surface area contributed by atoms with E-state index in [4.69, 9.17) is 10.8 Å². The maximum atomic E-state index is 12.5. The Kier molecular flexibility index (Phi) is 6.35. The molecule has 0 unspecified atom stereocenters. The van der Waals surface area contributed by atoms with Gasteiger partial charge in [-0.2, -0.15) is 0 Å². The predicted molar refractivity (Wildman–Crippen MR) is 97.5 cm³/mol. The van der Waals surface area contributed by atoms with Crippen molar-refractivity contribution >= 4 is 28.8 Å². The minimum atomic E-state index is -0.679. The van der Waals surface area contributed by atoms with Crippen molar-refractivity contribution in [2.24, 2.45) is 5.73 Å². The smallest absolute Gasteiger partial charge is 0.193 e. The number of rotatable bonds is 8. The van der Waals surface area contributed by atoms with Crippen molar-refractivity contribution in [2.75, 3.05) is 0 Å². The van der Waals surface area contributed by atoms with E-state index in [-0.39, 0.29) is 29.5 Å². The van der Waals surface area contributed by atoms with E-state index in [1.165, 1.54) is 0 Å². The van der Waals surface area contributed by atoms with Gasteiger partial charge in [-0.3, -0.25) is 9.59 Å². The van der Waals surface area contributed by atoms with Gasteiger partial charge in [0.2, 0.25) is 0 Å². The van der Waals surface area contributed by atoms with Crippen molar-refractivity contribution in [3.05, 3.63) is 71.3 Å². The van der Waals surface area contributed by atoms with E-state index in [0.29, 0.717) is 17.5 Å². The van der Waals surface area contributed by atoms with Crippen LogP contribution in [-0.4, -0.2) is 27.8 Å². The predicted octanol–water partition coefficient (Wildman–Crippen LogP) is 3.02. The summed E-state index contributed by atoms with van der Waals surface area (Å²) in [4.78, 5) is 24.4. The van der Waals surface area contributed by atoms with E-state index in [0.717, 1.165) is 5.56 Å². The molecule has 2 aromatic carbocycles. The van der Waals surface area contributed by atoms with Gasteiger partial charge < -0.3 is 10.8 Å². The molecule has 1 atom stereocenters. The molecule has 0 aliphatic heterocycles. The highest BCUT2D eigenvalue weighted by molar-refractivity contribution is 7.80. The lowest BCUT2D eigenvalue weighted by Gasteiger charge is -2.11. The van der Waals surface area contributed by atoms with Crippen LogP contribution in [0.3, 0.4) is 0 Å². The third-order valence-corrected chi connectivity index (χ3v) is 3.88. The minimum absolute atomic E-state index is 0.0667. The van der Waals surface area contributed by atoms with Gasteiger partial charge in [-0.25, -0.2) is 0 Å². The lowest BCUT2D eigenvalue weighted by atomic mass is 9.96. The Morgan fingerprint density at radius 2 is 1.67 bits per heavy atom. The van der Waals surface area contributed by atoms with Crippen LogP contribution in [0, 0.1) is 0 Å². The van der Waals surface area contributed by atoms with Gasteiger partial charge in [0.1, 0.15) is 5.78 Å². The van der Waals surface area contributed by atoms with Crippen LogP contribution in [0.25, 0.3) is 0 Å². The summed E-state index contributed by atoms with van der Waals surface area (Å²) < 4.78 is 0.